The normalized spacial score (nSPS) is 19.0. The van der Waals surface area contributed by atoms with E-state index in [9.17, 15) is 13.2 Å². The lowest BCUT2D eigenvalue weighted by Gasteiger charge is -2.15. The second kappa shape index (κ2) is 8.03. The van der Waals surface area contributed by atoms with Gasteiger partial charge in [-0.2, -0.15) is 13.2 Å². The summed E-state index contributed by atoms with van der Waals surface area (Å²) in [4.78, 5) is 0. The fourth-order valence-electron chi connectivity index (χ4n) is 2.20. The Bertz CT molecular complexity index is 206. The van der Waals surface area contributed by atoms with Crippen molar-refractivity contribution >= 4 is 0 Å². The second-order valence-electron chi connectivity index (χ2n) is 5.98. The van der Waals surface area contributed by atoms with Crippen LogP contribution in [0.25, 0.3) is 0 Å². The molecule has 1 fully saturated rings. The minimum Gasteiger partial charge on any atom is -0.384 e. The molecule has 1 aliphatic rings. The summed E-state index contributed by atoms with van der Waals surface area (Å²) in [6, 6.07) is 0. The molecule has 0 aromatic heterocycles. The number of hydrogen-bond acceptors (Lipinski definition) is 1. The number of aliphatic hydroxyl groups is 1. The molecule has 1 atom stereocenters. The Labute approximate surface area is 109 Å². The highest BCUT2D eigenvalue weighted by atomic mass is 19.4. The van der Waals surface area contributed by atoms with Crippen molar-refractivity contribution in [2.45, 2.75) is 72.1 Å². The van der Waals surface area contributed by atoms with Gasteiger partial charge in [0.15, 0.2) is 0 Å². The Kier molecular flexibility index (Phi) is 7.92. The molecule has 0 amide bonds. The molecule has 0 aromatic rings. The van der Waals surface area contributed by atoms with E-state index in [0.29, 0.717) is 0 Å². The van der Waals surface area contributed by atoms with Gasteiger partial charge in [0.2, 0.25) is 0 Å². The average Bonchev–Trinajstić information content (AvgIpc) is 2.68. The molecule has 0 spiro atoms. The van der Waals surface area contributed by atoms with Crippen molar-refractivity contribution < 1.29 is 18.3 Å². The number of rotatable bonds is 3. The zero-order valence-electron chi connectivity index (χ0n) is 11.9. The fourth-order valence-corrected chi connectivity index (χ4v) is 2.20. The largest absolute Gasteiger partial charge is 0.414 e. The molecule has 1 aliphatic carbocycles. The Morgan fingerprint density at radius 1 is 1.06 bits per heavy atom. The van der Waals surface area contributed by atoms with Crippen LogP contribution in [-0.2, 0) is 0 Å². The Balaban J connectivity index is 0.000000327. The maximum Gasteiger partial charge on any atom is 0.414 e. The van der Waals surface area contributed by atoms with Crippen molar-refractivity contribution in [1.82, 2.24) is 0 Å². The highest BCUT2D eigenvalue weighted by Gasteiger charge is 2.38. The third kappa shape index (κ3) is 7.96. The molecule has 0 unspecified atom stereocenters. The number of halogens is 3. The number of aliphatic hydroxyl groups excluding tert-OH is 1. The van der Waals surface area contributed by atoms with Crippen LogP contribution in [-0.4, -0.2) is 17.4 Å². The molecule has 0 radical (unpaired) electrons. The van der Waals surface area contributed by atoms with Crippen LogP contribution in [0.4, 0.5) is 13.2 Å². The molecule has 1 nitrogen and oxygen atoms in total. The van der Waals surface area contributed by atoms with Crippen molar-refractivity contribution in [3.8, 4) is 0 Å². The van der Waals surface area contributed by atoms with Crippen molar-refractivity contribution in [3.63, 3.8) is 0 Å². The predicted molar refractivity (Wildman–Crippen MR) is 68.3 cm³/mol. The van der Waals surface area contributed by atoms with Crippen molar-refractivity contribution in [3.05, 3.63) is 0 Å². The highest BCUT2D eigenvalue weighted by Crippen LogP contribution is 2.30. The van der Waals surface area contributed by atoms with E-state index in [0.717, 1.165) is 11.8 Å². The zero-order chi connectivity index (χ0) is 14.3. The molecule has 0 aromatic carbocycles. The first kappa shape index (κ1) is 17.8. The molecule has 1 rings (SSSR count). The Morgan fingerprint density at radius 2 is 1.50 bits per heavy atom. The van der Waals surface area contributed by atoms with Crippen molar-refractivity contribution in [1.29, 1.82) is 0 Å². The predicted octanol–water partition coefficient (Wildman–Crippen LogP) is 4.79. The van der Waals surface area contributed by atoms with Gasteiger partial charge >= 0.3 is 6.18 Å². The summed E-state index contributed by atoms with van der Waals surface area (Å²) in [5.41, 5.74) is 0. The molecular weight excluding hydrogens is 241 g/mol. The van der Waals surface area contributed by atoms with Crippen LogP contribution in [0.5, 0.6) is 0 Å². The van der Waals surface area contributed by atoms with Gasteiger partial charge in [-0.3, -0.25) is 0 Å². The average molecular weight is 268 g/mol. The topological polar surface area (TPSA) is 20.2 Å². The summed E-state index contributed by atoms with van der Waals surface area (Å²) >= 11 is 0. The van der Waals surface area contributed by atoms with Crippen LogP contribution in [0, 0.1) is 17.8 Å². The van der Waals surface area contributed by atoms with Gasteiger partial charge in [0, 0.05) is 0 Å². The smallest absolute Gasteiger partial charge is 0.384 e. The molecule has 0 aliphatic heterocycles. The van der Waals surface area contributed by atoms with Gasteiger partial charge in [-0.1, -0.05) is 53.4 Å². The summed E-state index contributed by atoms with van der Waals surface area (Å²) in [6.07, 6.45) is -0.859. The number of hydrogen-bond donors (Lipinski definition) is 1. The SMILES string of the molecule is CC(C)C1CCCC1.CC(C)C[C@@H](O)C(F)(F)F. The summed E-state index contributed by atoms with van der Waals surface area (Å²) in [5, 5.41) is 8.43. The first-order valence-electron chi connectivity index (χ1n) is 6.89. The van der Waals surface area contributed by atoms with E-state index < -0.39 is 12.3 Å². The van der Waals surface area contributed by atoms with E-state index in [1.54, 1.807) is 13.8 Å². The Morgan fingerprint density at radius 3 is 1.67 bits per heavy atom. The van der Waals surface area contributed by atoms with Crippen molar-refractivity contribution in [2.24, 2.45) is 17.8 Å². The Hall–Kier alpha value is -0.250. The molecule has 110 valence electrons. The molecule has 1 saturated carbocycles. The van der Waals surface area contributed by atoms with Crippen LogP contribution in [0.1, 0.15) is 59.8 Å². The summed E-state index contributed by atoms with van der Waals surface area (Å²) < 4.78 is 34.7. The third-order valence-corrected chi connectivity index (χ3v) is 3.42. The molecule has 0 heterocycles. The summed E-state index contributed by atoms with van der Waals surface area (Å²) in [6.45, 7) is 7.95. The van der Waals surface area contributed by atoms with Gasteiger partial charge in [-0.05, 0) is 24.2 Å². The summed E-state index contributed by atoms with van der Waals surface area (Å²) in [5.74, 6) is 1.88. The molecule has 0 saturated heterocycles. The van der Waals surface area contributed by atoms with E-state index in [2.05, 4.69) is 13.8 Å². The number of alkyl halides is 3. The van der Waals surface area contributed by atoms with Gasteiger partial charge in [-0.15, -0.1) is 0 Å². The maximum atomic E-state index is 11.6. The monoisotopic (exact) mass is 268 g/mol. The molecule has 4 heteroatoms. The lowest BCUT2D eigenvalue weighted by Crippen LogP contribution is -2.29. The van der Waals surface area contributed by atoms with Gasteiger partial charge in [0.1, 0.15) is 6.10 Å². The molecular formula is C14H27F3O. The minimum atomic E-state index is -4.45. The van der Waals surface area contributed by atoms with Gasteiger partial charge in [-0.25, -0.2) is 0 Å². The molecule has 0 bridgehead atoms. The van der Waals surface area contributed by atoms with Crippen LogP contribution in [0.2, 0.25) is 0 Å². The van der Waals surface area contributed by atoms with Gasteiger partial charge in [0.05, 0.1) is 0 Å². The van der Waals surface area contributed by atoms with Crippen LogP contribution >= 0.6 is 0 Å². The lowest BCUT2D eigenvalue weighted by molar-refractivity contribution is -0.207. The first-order chi connectivity index (χ1) is 8.14. The molecule has 1 N–H and O–H groups in total. The first-order valence-corrected chi connectivity index (χ1v) is 6.89. The van der Waals surface area contributed by atoms with E-state index in [1.807, 2.05) is 0 Å². The van der Waals surface area contributed by atoms with E-state index in [4.69, 9.17) is 5.11 Å². The fraction of sp³-hybridized carbons (Fsp3) is 1.00. The van der Waals surface area contributed by atoms with Crippen LogP contribution < -0.4 is 0 Å². The van der Waals surface area contributed by atoms with Crippen LogP contribution in [0.3, 0.4) is 0 Å². The van der Waals surface area contributed by atoms with Crippen molar-refractivity contribution in [2.75, 3.05) is 0 Å². The third-order valence-electron chi connectivity index (χ3n) is 3.42. The van der Waals surface area contributed by atoms with Crippen LogP contribution in [0.15, 0.2) is 0 Å². The minimum absolute atomic E-state index is 0.128. The van der Waals surface area contributed by atoms with Gasteiger partial charge in [0.25, 0.3) is 0 Å². The van der Waals surface area contributed by atoms with E-state index in [-0.39, 0.29) is 12.3 Å². The zero-order valence-corrected chi connectivity index (χ0v) is 11.9. The standard InChI is InChI=1S/C8H16.C6H11F3O/c1-7(2)8-5-3-4-6-8;1-4(2)3-5(10)6(7,8)9/h7-8H,3-6H2,1-2H3;4-5,10H,3H2,1-2H3/t;5-/m.1/s1. The molecule has 18 heavy (non-hydrogen) atoms. The lowest BCUT2D eigenvalue weighted by atomic mass is 9.95. The second-order valence-corrected chi connectivity index (χ2v) is 5.98. The quantitative estimate of drug-likeness (QED) is 0.780. The van der Waals surface area contributed by atoms with E-state index in [1.165, 1.54) is 25.7 Å². The highest BCUT2D eigenvalue weighted by molar-refractivity contribution is 4.69. The van der Waals surface area contributed by atoms with E-state index >= 15 is 0 Å². The maximum absolute atomic E-state index is 11.6. The van der Waals surface area contributed by atoms with Gasteiger partial charge < -0.3 is 5.11 Å². The summed E-state index contributed by atoms with van der Waals surface area (Å²) in [7, 11) is 0.